The lowest BCUT2D eigenvalue weighted by molar-refractivity contribution is -0.137. The molecule has 0 saturated carbocycles. The second-order valence-corrected chi connectivity index (χ2v) is 2.65. The van der Waals surface area contributed by atoms with Crippen LogP contribution in [0.15, 0.2) is 18.3 Å². The number of aliphatic hydroxyl groups excluding tert-OH is 1. The van der Waals surface area contributed by atoms with Gasteiger partial charge in [0, 0.05) is 6.20 Å². The maximum Gasteiger partial charge on any atom is 0.417 e. The van der Waals surface area contributed by atoms with Gasteiger partial charge in [-0.05, 0) is 19.1 Å². The molecular formula is C8H8F3NO. The number of pyridine rings is 1. The van der Waals surface area contributed by atoms with Crippen LogP contribution in [0.25, 0.3) is 0 Å². The highest BCUT2D eigenvalue weighted by molar-refractivity contribution is 5.17. The molecule has 13 heavy (non-hydrogen) atoms. The number of hydrogen-bond donors (Lipinski definition) is 1. The van der Waals surface area contributed by atoms with Crippen molar-refractivity contribution in [2.45, 2.75) is 19.2 Å². The maximum atomic E-state index is 12.0. The molecule has 2 nitrogen and oxygen atoms in total. The number of hydrogen-bond acceptors (Lipinski definition) is 2. The molecule has 0 saturated heterocycles. The third-order valence-electron chi connectivity index (χ3n) is 1.54. The minimum Gasteiger partial charge on any atom is -0.387 e. The summed E-state index contributed by atoms with van der Waals surface area (Å²) in [6.45, 7) is 1.44. The van der Waals surface area contributed by atoms with Gasteiger partial charge >= 0.3 is 6.18 Å². The van der Waals surface area contributed by atoms with Gasteiger partial charge in [-0.15, -0.1) is 0 Å². The highest BCUT2D eigenvalue weighted by Gasteiger charge is 2.30. The number of halogens is 3. The number of rotatable bonds is 1. The molecule has 0 amide bonds. The molecular weight excluding hydrogens is 183 g/mol. The van der Waals surface area contributed by atoms with E-state index in [-0.39, 0.29) is 5.69 Å². The lowest BCUT2D eigenvalue weighted by atomic mass is 10.2. The van der Waals surface area contributed by atoms with Gasteiger partial charge in [0.25, 0.3) is 0 Å². The Hall–Kier alpha value is -1.10. The smallest absolute Gasteiger partial charge is 0.387 e. The standard InChI is InChI=1S/C8H8F3NO/c1-5(13)7-3-2-6(4-12-7)8(9,10)11/h2-5,13H,1H3/t5-/m0/s1. The molecule has 0 aromatic carbocycles. The molecule has 5 heteroatoms. The molecule has 1 aromatic heterocycles. The second kappa shape index (κ2) is 3.33. The van der Waals surface area contributed by atoms with Gasteiger partial charge in [0.2, 0.25) is 0 Å². The minimum absolute atomic E-state index is 0.230. The summed E-state index contributed by atoms with van der Waals surface area (Å²) in [5.74, 6) is 0. The van der Waals surface area contributed by atoms with Gasteiger partial charge in [-0.25, -0.2) is 0 Å². The summed E-state index contributed by atoms with van der Waals surface area (Å²) in [7, 11) is 0. The average molecular weight is 191 g/mol. The van der Waals surface area contributed by atoms with E-state index in [0.717, 1.165) is 12.1 Å². The summed E-state index contributed by atoms with van der Waals surface area (Å²) in [4.78, 5) is 3.47. The molecule has 1 N–H and O–H groups in total. The first-order chi connectivity index (χ1) is 5.91. The Bertz CT molecular complexity index is 278. The van der Waals surface area contributed by atoms with Gasteiger partial charge in [-0.2, -0.15) is 13.2 Å². The maximum absolute atomic E-state index is 12.0. The van der Waals surface area contributed by atoms with Crippen LogP contribution in [-0.4, -0.2) is 10.1 Å². The minimum atomic E-state index is -4.37. The molecule has 1 heterocycles. The number of aliphatic hydroxyl groups is 1. The van der Waals surface area contributed by atoms with Crippen LogP contribution in [0, 0.1) is 0 Å². The van der Waals surface area contributed by atoms with Crippen molar-refractivity contribution >= 4 is 0 Å². The monoisotopic (exact) mass is 191 g/mol. The van der Waals surface area contributed by atoms with Gasteiger partial charge in [-0.1, -0.05) is 0 Å². The van der Waals surface area contributed by atoms with Crippen LogP contribution in [-0.2, 0) is 6.18 Å². The quantitative estimate of drug-likeness (QED) is 0.737. The second-order valence-electron chi connectivity index (χ2n) is 2.65. The summed E-state index contributed by atoms with van der Waals surface area (Å²) >= 11 is 0. The van der Waals surface area contributed by atoms with Gasteiger partial charge in [0.15, 0.2) is 0 Å². The van der Waals surface area contributed by atoms with E-state index < -0.39 is 17.8 Å². The van der Waals surface area contributed by atoms with Crippen molar-refractivity contribution in [2.24, 2.45) is 0 Å². The van der Waals surface area contributed by atoms with E-state index in [1.54, 1.807) is 0 Å². The Kier molecular flexibility index (Phi) is 2.56. The zero-order valence-corrected chi connectivity index (χ0v) is 6.84. The van der Waals surface area contributed by atoms with Crippen LogP contribution >= 0.6 is 0 Å². The van der Waals surface area contributed by atoms with Crippen LogP contribution in [0.1, 0.15) is 24.3 Å². The molecule has 0 unspecified atom stereocenters. The van der Waals surface area contributed by atoms with Gasteiger partial charge in [0.05, 0.1) is 17.4 Å². The van der Waals surface area contributed by atoms with E-state index in [9.17, 15) is 13.2 Å². The number of nitrogens with zero attached hydrogens (tertiary/aromatic N) is 1. The third kappa shape index (κ3) is 2.42. The Morgan fingerprint density at radius 2 is 2.00 bits per heavy atom. The molecule has 0 aliphatic rings. The molecule has 1 rings (SSSR count). The van der Waals surface area contributed by atoms with Crippen LogP contribution in [0.3, 0.4) is 0 Å². The van der Waals surface area contributed by atoms with Crippen LogP contribution in [0.2, 0.25) is 0 Å². The highest BCUT2D eigenvalue weighted by atomic mass is 19.4. The molecule has 0 spiro atoms. The lowest BCUT2D eigenvalue weighted by Gasteiger charge is -2.07. The first-order valence-electron chi connectivity index (χ1n) is 3.62. The fourth-order valence-corrected chi connectivity index (χ4v) is 0.820. The van der Waals surface area contributed by atoms with Crippen molar-refractivity contribution in [1.82, 2.24) is 4.98 Å². The summed E-state index contributed by atoms with van der Waals surface area (Å²) < 4.78 is 36.1. The summed E-state index contributed by atoms with van der Waals surface area (Å²) in [5, 5.41) is 8.97. The molecule has 1 aromatic rings. The molecule has 0 fully saturated rings. The fraction of sp³-hybridized carbons (Fsp3) is 0.375. The summed E-state index contributed by atoms with van der Waals surface area (Å²) in [5.41, 5.74) is -0.579. The summed E-state index contributed by atoms with van der Waals surface area (Å²) in [6.07, 6.45) is -4.51. The van der Waals surface area contributed by atoms with Crippen LogP contribution in [0.5, 0.6) is 0 Å². The fourth-order valence-electron chi connectivity index (χ4n) is 0.820. The van der Waals surface area contributed by atoms with Crippen molar-refractivity contribution < 1.29 is 18.3 Å². The first kappa shape index (κ1) is 9.98. The summed E-state index contributed by atoms with van der Waals surface area (Å²) in [6, 6.07) is 2.06. The molecule has 0 bridgehead atoms. The lowest BCUT2D eigenvalue weighted by Crippen LogP contribution is -2.06. The Morgan fingerprint density at radius 1 is 1.38 bits per heavy atom. The SMILES string of the molecule is C[C@H](O)c1ccc(C(F)(F)F)cn1. The predicted octanol–water partition coefficient (Wildman–Crippen LogP) is 2.15. The first-order valence-corrected chi connectivity index (χ1v) is 3.62. The molecule has 1 atom stereocenters. The van der Waals surface area contributed by atoms with Crippen LogP contribution in [0.4, 0.5) is 13.2 Å². The van der Waals surface area contributed by atoms with E-state index in [1.165, 1.54) is 6.92 Å². The molecule has 0 aliphatic heterocycles. The van der Waals surface area contributed by atoms with E-state index >= 15 is 0 Å². The largest absolute Gasteiger partial charge is 0.417 e. The van der Waals surface area contributed by atoms with E-state index in [2.05, 4.69) is 4.98 Å². The highest BCUT2D eigenvalue weighted by Crippen LogP contribution is 2.28. The van der Waals surface area contributed by atoms with Crippen molar-refractivity contribution in [1.29, 1.82) is 0 Å². The van der Waals surface area contributed by atoms with Crippen molar-refractivity contribution in [2.75, 3.05) is 0 Å². The molecule has 0 aliphatic carbocycles. The normalized spacial score (nSPS) is 14.2. The van der Waals surface area contributed by atoms with Crippen LogP contribution < -0.4 is 0 Å². The van der Waals surface area contributed by atoms with Gasteiger partial charge < -0.3 is 5.11 Å². The van der Waals surface area contributed by atoms with Gasteiger partial charge in [-0.3, -0.25) is 4.98 Å². The zero-order chi connectivity index (χ0) is 10.1. The molecule has 72 valence electrons. The zero-order valence-electron chi connectivity index (χ0n) is 6.84. The Balaban J connectivity index is 2.94. The predicted molar refractivity (Wildman–Crippen MR) is 39.9 cm³/mol. The molecule has 0 radical (unpaired) electrons. The Labute approximate surface area is 73.0 Å². The van der Waals surface area contributed by atoms with Crippen molar-refractivity contribution in [3.8, 4) is 0 Å². The van der Waals surface area contributed by atoms with E-state index in [4.69, 9.17) is 5.11 Å². The topological polar surface area (TPSA) is 33.1 Å². The van der Waals surface area contributed by atoms with Crippen molar-refractivity contribution in [3.63, 3.8) is 0 Å². The third-order valence-corrected chi connectivity index (χ3v) is 1.54. The number of alkyl halides is 3. The Morgan fingerprint density at radius 3 is 2.31 bits per heavy atom. The van der Waals surface area contributed by atoms with Gasteiger partial charge in [0.1, 0.15) is 0 Å². The van der Waals surface area contributed by atoms with E-state index in [0.29, 0.717) is 6.20 Å². The number of aromatic nitrogens is 1. The average Bonchev–Trinajstić information content (AvgIpc) is 2.03. The van der Waals surface area contributed by atoms with E-state index in [1.807, 2.05) is 0 Å². The van der Waals surface area contributed by atoms with Crippen molar-refractivity contribution in [3.05, 3.63) is 29.6 Å².